The maximum atomic E-state index is 5.76. The minimum atomic E-state index is 0. The predicted octanol–water partition coefficient (Wildman–Crippen LogP) is 3.63. The lowest BCUT2D eigenvalue weighted by molar-refractivity contribution is 0.0203. The molecule has 0 aliphatic carbocycles. The number of halogens is 2. The van der Waals surface area contributed by atoms with Crippen LogP contribution < -0.4 is 10.6 Å². The summed E-state index contributed by atoms with van der Waals surface area (Å²) < 4.78 is 12.3. The molecule has 0 spiro atoms. The molecule has 138 valence electrons. The van der Waals surface area contributed by atoms with Crippen molar-refractivity contribution in [1.29, 1.82) is 0 Å². The highest BCUT2D eigenvalue weighted by molar-refractivity contribution is 14.0. The summed E-state index contributed by atoms with van der Waals surface area (Å²) in [5, 5.41) is 6.63. The number of nitrogens with zero attached hydrogens (tertiary/aromatic N) is 1. The second-order valence-corrected chi connectivity index (χ2v) is 8.09. The molecule has 1 aromatic heterocycles. The molecule has 24 heavy (non-hydrogen) atoms. The van der Waals surface area contributed by atoms with Crippen LogP contribution in [0.1, 0.15) is 24.1 Å². The molecule has 2 rings (SSSR count). The predicted molar refractivity (Wildman–Crippen MR) is 115 cm³/mol. The SMILES string of the molecule is CN=C(NCCCOCC1CCOCC1)NCc1ccc(Br)s1.I. The Kier molecular flexibility index (Phi) is 12.3. The highest BCUT2D eigenvalue weighted by Crippen LogP contribution is 2.21. The molecule has 0 unspecified atom stereocenters. The van der Waals surface area contributed by atoms with Crippen molar-refractivity contribution in [2.75, 3.05) is 40.0 Å². The molecule has 0 bridgehead atoms. The summed E-state index contributed by atoms with van der Waals surface area (Å²) in [5.74, 6) is 1.51. The van der Waals surface area contributed by atoms with Crippen molar-refractivity contribution in [3.8, 4) is 0 Å². The van der Waals surface area contributed by atoms with Crippen LogP contribution in [0.25, 0.3) is 0 Å². The van der Waals surface area contributed by atoms with E-state index < -0.39 is 0 Å². The number of thiophene rings is 1. The minimum Gasteiger partial charge on any atom is -0.381 e. The molecule has 1 fully saturated rings. The fourth-order valence-corrected chi connectivity index (χ4v) is 3.81. The largest absolute Gasteiger partial charge is 0.381 e. The van der Waals surface area contributed by atoms with Crippen molar-refractivity contribution in [3.05, 3.63) is 20.8 Å². The lowest BCUT2D eigenvalue weighted by atomic mass is 10.0. The van der Waals surface area contributed by atoms with Crippen LogP contribution in [0.2, 0.25) is 0 Å². The molecular weight excluding hydrogens is 505 g/mol. The zero-order valence-electron chi connectivity index (χ0n) is 14.1. The Morgan fingerprint density at radius 1 is 1.38 bits per heavy atom. The van der Waals surface area contributed by atoms with E-state index in [4.69, 9.17) is 9.47 Å². The van der Waals surface area contributed by atoms with Crippen LogP contribution >= 0.6 is 51.2 Å². The van der Waals surface area contributed by atoms with Gasteiger partial charge in [-0.25, -0.2) is 0 Å². The second kappa shape index (κ2) is 13.3. The van der Waals surface area contributed by atoms with Crippen LogP contribution in [0.3, 0.4) is 0 Å². The molecular formula is C16H27BrIN3O2S. The fraction of sp³-hybridized carbons (Fsp3) is 0.688. The van der Waals surface area contributed by atoms with Gasteiger partial charge in [0, 0.05) is 44.9 Å². The highest BCUT2D eigenvalue weighted by atomic mass is 127. The van der Waals surface area contributed by atoms with Gasteiger partial charge in [-0.15, -0.1) is 35.3 Å². The van der Waals surface area contributed by atoms with Crippen molar-refractivity contribution in [1.82, 2.24) is 10.6 Å². The topological polar surface area (TPSA) is 54.9 Å². The van der Waals surface area contributed by atoms with Crippen LogP contribution in [-0.2, 0) is 16.0 Å². The van der Waals surface area contributed by atoms with E-state index in [9.17, 15) is 0 Å². The van der Waals surface area contributed by atoms with E-state index in [0.717, 1.165) is 68.5 Å². The van der Waals surface area contributed by atoms with E-state index in [1.54, 1.807) is 18.4 Å². The molecule has 2 heterocycles. The van der Waals surface area contributed by atoms with Gasteiger partial charge in [-0.1, -0.05) is 0 Å². The maximum Gasteiger partial charge on any atom is 0.191 e. The third kappa shape index (κ3) is 8.98. The first kappa shape index (κ1) is 22.1. The van der Waals surface area contributed by atoms with Gasteiger partial charge in [-0.3, -0.25) is 4.99 Å². The fourth-order valence-electron chi connectivity index (χ4n) is 2.38. The van der Waals surface area contributed by atoms with Crippen LogP contribution in [0.15, 0.2) is 20.9 Å². The van der Waals surface area contributed by atoms with Crippen molar-refractivity contribution in [3.63, 3.8) is 0 Å². The number of rotatable bonds is 8. The van der Waals surface area contributed by atoms with Crippen LogP contribution in [0.5, 0.6) is 0 Å². The third-order valence-corrected chi connectivity index (χ3v) is 5.36. The summed E-state index contributed by atoms with van der Waals surface area (Å²) in [5.41, 5.74) is 0. The van der Waals surface area contributed by atoms with E-state index in [2.05, 4.69) is 43.7 Å². The van der Waals surface area contributed by atoms with Crippen LogP contribution in [0.4, 0.5) is 0 Å². The van der Waals surface area contributed by atoms with Crippen molar-refractivity contribution in [2.45, 2.75) is 25.8 Å². The normalized spacial score (nSPS) is 15.8. The molecule has 0 amide bonds. The Labute approximate surface area is 174 Å². The number of aliphatic imine (C=N–C) groups is 1. The molecule has 0 radical (unpaired) electrons. The van der Waals surface area contributed by atoms with Gasteiger partial charge in [0.05, 0.1) is 10.3 Å². The second-order valence-electron chi connectivity index (χ2n) is 5.54. The average Bonchev–Trinajstić information content (AvgIpc) is 3.00. The molecule has 1 saturated heterocycles. The summed E-state index contributed by atoms with van der Waals surface area (Å²) in [4.78, 5) is 5.51. The van der Waals surface area contributed by atoms with Gasteiger partial charge < -0.3 is 20.1 Å². The summed E-state index contributed by atoms with van der Waals surface area (Å²) in [7, 11) is 1.79. The number of ether oxygens (including phenoxy) is 2. The lowest BCUT2D eigenvalue weighted by Crippen LogP contribution is -2.37. The van der Waals surface area contributed by atoms with Gasteiger partial charge in [0.1, 0.15) is 0 Å². The van der Waals surface area contributed by atoms with E-state index in [-0.39, 0.29) is 24.0 Å². The summed E-state index contributed by atoms with van der Waals surface area (Å²) in [6.07, 6.45) is 3.25. The summed E-state index contributed by atoms with van der Waals surface area (Å²) >= 11 is 5.21. The number of hydrogen-bond donors (Lipinski definition) is 2. The zero-order chi connectivity index (χ0) is 16.3. The van der Waals surface area contributed by atoms with Crippen molar-refractivity contribution >= 4 is 57.2 Å². The van der Waals surface area contributed by atoms with Crippen molar-refractivity contribution < 1.29 is 9.47 Å². The van der Waals surface area contributed by atoms with E-state index >= 15 is 0 Å². The van der Waals surface area contributed by atoms with Crippen LogP contribution in [0, 0.1) is 5.92 Å². The monoisotopic (exact) mass is 531 g/mol. The lowest BCUT2D eigenvalue weighted by Gasteiger charge is -2.21. The minimum absolute atomic E-state index is 0. The number of hydrogen-bond acceptors (Lipinski definition) is 4. The van der Waals surface area contributed by atoms with Crippen molar-refractivity contribution in [2.24, 2.45) is 10.9 Å². The van der Waals surface area contributed by atoms with Crippen LogP contribution in [-0.4, -0.2) is 46.0 Å². The molecule has 5 nitrogen and oxygen atoms in total. The number of nitrogens with one attached hydrogen (secondary N) is 2. The third-order valence-electron chi connectivity index (χ3n) is 3.73. The van der Waals surface area contributed by atoms with Gasteiger partial charge in [-0.05, 0) is 53.2 Å². The quantitative estimate of drug-likeness (QED) is 0.233. The molecule has 1 aromatic rings. The summed E-state index contributed by atoms with van der Waals surface area (Å²) in [6, 6.07) is 4.17. The molecule has 8 heteroatoms. The Morgan fingerprint density at radius 2 is 2.17 bits per heavy atom. The number of guanidine groups is 1. The van der Waals surface area contributed by atoms with Gasteiger partial charge in [0.25, 0.3) is 0 Å². The molecule has 0 saturated carbocycles. The van der Waals surface area contributed by atoms with E-state index in [0.29, 0.717) is 5.92 Å². The first-order valence-corrected chi connectivity index (χ1v) is 9.73. The van der Waals surface area contributed by atoms with Gasteiger partial charge in [0.2, 0.25) is 0 Å². The first-order chi connectivity index (χ1) is 11.3. The molecule has 0 atom stereocenters. The maximum absolute atomic E-state index is 5.76. The standard InChI is InChI=1S/C16H26BrN3O2S.HI/c1-18-16(20-11-14-3-4-15(17)23-14)19-7-2-8-22-12-13-5-9-21-10-6-13;/h3-4,13H,2,5-12H2,1H3,(H2,18,19,20);1H. The highest BCUT2D eigenvalue weighted by Gasteiger charge is 2.13. The Balaban J connectivity index is 0.00000288. The van der Waals surface area contributed by atoms with Gasteiger partial charge in [0.15, 0.2) is 5.96 Å². The van der Waals surface area contributed by atoms with Gasteiger partial charge >= 0.3 is 0 Å². The molecule has 1 aliphatic rings. The molecule has 1 aliphatic heterocycles. The van der Waals surface area contributed by atoms with Gasteiger partial charge in [-0.2, -0.15) is 0 Å². The Morgan fingerprint density at radius 3 is 2.83 bits per heavy atom. The molecule has 2 N–H and O–H groups in total. The average molecular weight is 532 g/mol. The van der Waals surface area contributed by atoms with E-state index in [1.165, 1.54) is 4.88 Å². The zero-order valence-corrected chi connectivity index (χ0v) is 18.8. The Hall–Kier alpha value is 0.1000. The smallest absolute Gasteiger partial charge is 0.191 e. The first-order valence-electron chi connectivity index (χ1n) is 8.12. The summed E-state index contributed by atoms with van der Waals surface area (Å²) in [6.45, 7) is 5.08. The molecule has 0 aromatic carbocycles. The Bertz CT molecular complexity index is 482. The van der Waals surface area contributed by atoms with E-state index in [1.807, 2.05) is 0 Å².